The van der Waals surface area contributed by atoms with Gasteiger partial charge in [-0.2, -0.15) is 5.10 Å². The van der Waals surface area contributed by atoms with E-state index in [1.54, 1.807) is 54.1 Å². The third-order valence-corrected chi connectivity index (χ3v) is 6.81. The quantitative estimate of drug-likeness (QED) is 0.330. The number of nitrogens with zero attached hydrogens (tertiary/aromatic N) is 4. The van der Waals surface area contributed by atoms with Gasteiger partial charge in [-0.15, -0.1) is 0 Å². The molecular weight excluding hydrogens is 525 g/mol. The fourth-order valence-corrected chi connectivity index (χ4v) is 4.76. The van der Waals surface area contributed by atoms with Gasteiger partial charge in [0.05, 0.1) is 18.0 Å². The summed E-state index contributed by atoms with van der Waals surface area (Å²) in [5, 5.41) is 7.14. The number of amides is 2. The molecule has 0 saturated carbocycles. The molecule has 2 amide bonds. The first-order valence-corrected chi connectivity index (χ1v) is 13.4. The van der Waals surface area contributed by atoms with E-state index in [9.17, 15) is 18.8 Å². The highest BCUT2D eigenvalue weighted by molar-refractivity contribution is 5.95. The van der Waals surface area contributed by atoms with Gasteiger partial charge in [-0.3, -0.25) is 9.59 Å². The topological polar surface area (TPSA) is 96.8 Å². The zero-order valence-electron chi connectivity index (χ0n) is 22.8. The molecule has 0 aliphatic carbocycles. The predicted molar refractivity (Wildman–Crippen MR) is 154 cm³/mol. The highest BCUT2D eigenvalue weighted by Crippen LogP contribution is 2.28. The molecule has 1 aliphatic heterocycles. The molecule has 0 atom stereocenters. The van der Waals surface area contributed by atoms with Crippen LogP contribution < -0.4 is 10.2 Å². The maximum Gasteiger partial charge on any atom is 0.358 e. The number of anilines is 2. The summed E-state index contributed by atoms with van der Waals surface area (Å²) in [6.45, 7) is 5.91. The molecule has 10 heteroatoms. The van der Waals surface area contributed by atoms with Crippen LogP contribution in [0.1, 0.15) is 34.7 Å². The standard InChI is InChI=1S/C31H30FN5O4/c1-3-41-31(40)28-20-29(37(34-28)27-14-8-24(32)9-15-27)22-6-12-26(13-7-22)35-16-18-36(19-17-35)30(39)23-4-10-25(11-5-23)33-21(2)38/h4-15,20H,3,16-19H2,1-2H3,(H,33,38). The van der Waals surface area contributed by atoms with E-state index in [1.807, 2.05) is 29.2 Å². The first-order valence-electron chi connectivity index (χ1n) is 13.4. The van der Waals surface area contributed by atoms with E-state index in [1.165, 1.54) is 19.1 Å². The van der Waals surface area contributed by atoms with Crippen molar-refractivity contribution in [2.45, 2.75) is 13.8 Å². The van der Waals surface area contributed by atoms with E-state index in [0.29, 0.717) is 48.8 Å². The van der Waals surface area contributed by atoms with Crippen LogP contribution in [0.2, 0.25) is 0 Å². The molecular formula is C31H30FN5O4. The number of hydrogen-bond acceptors (Lipinski definition) is 6. The van der Waals surface area contributed by atoms with Gasteiger partial charge in [0.1, 0.15) is 5.82 Å². The molecule has 1 aromatic heterocycles. The van der Waals surface area contributed by atoms with Gasteiger partial charge in [-0.05, 0) is 73.7 Å². The number of nitrogens with one attached hydrogen (secondary N) is 1. The Hall–Kier alpha value is -4.99. The number of carbonyl (C=O) groups excluding carboxylic acids is 3. The van der Waals surface area contributed by atoms with E-state index < -0.39 is 5.97 Å². The van der Waals surface area contributed by atoms with Crippen molar-refractivity contribution < 1.29 is 23.5 Å². The van der Waals surface area contributed by atoms with Gasteiger partial charge in [-0.25, -0.2) is 13.9 Å². The van der Waals surface area contributed by atoms with E-state index in [0.717, 1.165) is 11.3 Å². The van der Waals surface area contributed by atoms with E-state index in [4.69, 9.17) is 4.74 Å². The Morgan fingerprint density at radius 1 is 0.878 bits per heavy atom. The smallest absolute Gasteiger partial charge is 0.358 e. The minimum Gasteiger partial charge on any atom is -0.461 e. The van der Waals surface area contributed by atoms with Crippen LogP contribution in [-0.4, -0.2) is 65.2 Å². The molecule has 3 aromatic carbocycles. The molecule has 4 aromatic rings. The Balaban J connectivity index is 1.28. The number of benzene rings is 3. The lowest BCUT2D eigenvalue weighted by atomic mass is 10.1. The van der Waals surface area contributed by atoms with Gasteiger partial charge >= 0.3 is 5.97 Å². The SMILES string of the molecule is CCOC(=O)c1cc(-c2ccc(N3CCN(C(=O)c4ccc(NC(C)=O)cc4)CC3)cc2)n(-c2ccc(F)cc2)n1. The summed E-state index contributed by atoms with van der Waals surface area (Å²) < 4.78 is 20.3. The summed E-state index contributed by atoms with van der Waals surface area (Å²) >= 11 is 0. The van der Waals surface area contributed by atoms with Crippen LogP contribution in [-0.2, 0) is 9.53 Å². The summed E-state index contributed by atoms with van der Waals surface area (Å²) in [5.74, 6) is -1.09. The van der Waals surface area contributed by atoms with E-state index >= 15 is 0 Å². The zero-order chi connectivity index (χ0) is 28.9. The van der Waals surface area contributed by atoms with Crippen LogP contribution in [0.4, 0.5) is 15.8 Å². The molecule has 0 radical (unpaired) electrons. The van der Waals surface area contributed by atoms with Crippen molar-refractivity contribution in [1.82, 2.24) is 14.7 Å². The average Bonchev–Trinajstić information content (AvgIpc) is 3.43. The molecule has 5 rings (SSSR count). The first-order chi connectivity index (χ1) is 19.8. The molecule has 1 saturated heterocycles. The van der Waals surface area contributed by atoms with Gasteiger partial charge in [0.25, 0.3) is 5.91 Å². The van der Waals surface area contributed by atoms with Crippen LogP contribution in [0.15, 0.2) is 78.9 Å². The summed E-state index contributed by atoms with van der Waals surface area (Å²) in [7, 11) is 0. The van der Waals surface area contributed by atoms with Crippen LogP contribution in [0.25, 0.3) is 16.9 Å². The lowest BCUT2D eigenvalue weighted by Gasteiger charge is -2.36. The Morgan fingerprint density at radius 3 is 2.12 bits per heavy atom. The lowest BCUT2D eigenvalue weighted by Crippen LogP contribution is -2.48. The van der Waals surface area contributed by atoms with Gasteiger partial charge < -0.3 is 19.9 Å². The Bertz CT molecular complexity index is 1540. The summed E-state index contributed by atoms with van der Waals surface area (Å²) in [6.07, 6.45) is 0. The van der Waals surface area contributed by atoms with Crippen LogP contribution in [0.5, 0.6) is 0 Å². The van der Waals surface area contributed by atoms with Crippen molar-refractivity contribution >= 4 is 29.2 Å². The van der Waals surface area contributed by atoms with Crippen molar-refractivity contribution in [3.05, 3.63) is 95.9 Å². The highest BCUT2D eigenvalue weighted by Gasteiger charge is 2.23. The Labute approximate surface area is 237 Å². The van der Waals surface area contributed by atoms with Crippen LogP contribution in [0.3, 0.4) is 0 Å². The number of hydrogen-bond donors (Lipinski definition) is 1. The molecule has 1 aliphatic rings. The number of ether oxygens (including phenoxy) is 1. The molecule has 0 unspecified atom stereocenters. The fraction of sp³-hybridized carbons (Fsp3) is 0.226. The summed E-state index contributed by atoms with van der Waals surface area (Å²) in [4.78, 5) is 40.7. The van der Waals surface area contributed by atoms with Crippen molar-refractivity contribution in [1.29, 1.82) is 0 Å². The van der Waals surface area contributed by atoms with Gasteiger partial charge in [0.15, 0.2) is 5.69 Å². The van der Waals surface area contributed by atoms with Gasteiger partial charge in [0, 0.05) is 55.6 Å². The number of halogens is 1. The van der Waals surface area contributed by atoms with Crippen LogP contribution >= 0.6 is 0 Å². The third-order valence-electron chi connectivity index (χ3n) is 6.81. The zero-order valence-corrected chi connectivity index (χ0v) is 22.8. The van der Waals surface area contributed by atoms with E-state index in [-0.39, 0.29) is 29.9 Å². The minimum atomic E-state index is -0.526. The van der Waals surface area contributed by atoms with Crippen LogP contribution in [0, 0.1) is 5.82 Å². The molecule has 1 N–H and O–H groups in total. The van der Waals surface area contributed by atoms with Crippen molar-refractivity contribution in [2.24, 2.45) is 0 Å². The van der Waals surface area contributed by atoms with E-state index in [2.05, 4.69) is 15.3 Å². The maximum absolute atomic E-state index is 13.5. The second-order valence-corrected chi connectivity index (χ2v) is 9.61. The highest BCUT2D eigenvalue weighted by atomic mass is 19.1. The number of carbonyl (C=O) groups is 3. The molecule has 1 fully saturated rings. The van der Waals surface area contributed by atoms with Crippen molar-refractivity contribution in [2.75, 3.05) is 43.0 Å². The predicted octanol–water partition coefficient (Wildman–Crippen LogP) is 4.78. The maximum atomic E-state index is 13.5. The largest absolute Gasteiger partial charge is 0.461 e. The van der Waals surface area contributed by atoms with Crippen molar-refractivity contribution in [3.63, 3.8) is 0 Å². The molecule has 9 nitrogen and oxygen atoms in total. The average molecular weight is 556 g/mol. The molecule has 41 heavy (non-hydrogen) atoms. The first kappa shape index (κ1) is 27.6. The normalized spacial score (nSPS) is 13.1. The monoisotopic (exact) mass is 555 g/mol. The lowest BCUT2D eigenvalue weighted by molar-refractivity contribution is -0.114. The molecule has 210 valence electrons. The molecule has 0 spiro atoms. The molecule has 0 bridgehead atoms. The number of rotatable bonds is 7. The van der Waals surface area contributed by atoms with Gasteiger partial charge in [0.2, 0.25) is 5.91 Å². The second kappa shape index (κ2) is 12.0. The van der Waals surface area contributed by atoms with Gasteiger partial charge in [-0.1, -0.05) is 12.1 Å². The Kier molecular flexibility index (Phi) is 8.09. The summed E-state index contributed by atoms with van der Waals surface area (Å²) in [6, 6.07) is 22.4. The fourth-order valence-electron chi connectivity index (χ4n) is 4.76. The second-order valence-electron chi connectivity index (χ2n) is 9.61. The number of piperazine rings is 1. The number of esters is 1. The minimum absolute atomic E-state index is 0.0409. The molecule has 2 heterocycles. The third kappa shape index (κ3) is 6.27. The van der Waals surface area contributed by atoms with Crippen molar-refractivity contribution in [3.8, 4) is 16.9 Å². The summed E-state index contributed by atoms with van der Waals surface area (Å²) in [5.41, 5.74) is 4.53. The number of aromatic nitrogens is 2. The Morgan fingerprint density at radius 2 is 1.51 bits per heavy atom.